The summed E-state index contributed by atoms with van der Waals surface area (Å²) in [4.78, 5) is 0. The third kappa shape index (κ3) is 1.50. The maximum Gasteiger partial charge on any atom is 0.0791 e. The van der Waals surface area contributed by atoms with Gasteiger partial charge in [-0.15, -0.1) is 0 Å². The van der Waals surface area contributed by atoms with Crippen LogP contribution in [0, 0.1) is 6.07 Å². The smallest absolute Gasteiger partial charge is 0.0791 e. The van der Waals surface area contributed by atoms with E-state index >= 15 is 0 Å². The lowest BCUT2D eigenvalue weighted by atomic mass is 10.1. The van der Waals surface area contributed by atoms with Gasteiger partial charge in [-0.2, -0.15) is 0 Å². The monoisotopic (exact) mass is 229 g/mol. The Kier molecular flexibility index (Phi) is 2.37. The van der Waals surface area contributed by atoms with Crippen LogP contribution in [0.2, 0.25) is 15.1 Å². The van der Waals surface area contributed by atoms with E-state index in [0.29, 0.717) is 15.1 Å². The van der Waals surface area contributed by atoms with Crippen LogP contribution in [-0.4, -0.2) is 0 Å². The Morgan fingerprint density at radius 2 is 1.62 bits per heavy atom. The van der Waals surface area contributed by atoms with Crippen molar-refractivity contribution in [1.82, 2.24) is 0 Å². The van der Waals surface area contributed by atoms with Crippen molar-refractivity contribution in [1.29, 1.82) is 0 Å². The summed E-state index contributed by atoms with van der Waals surface area (Å²) < 4.78 is 0. The summed E-state index contributed by atoms with van der Waals surface area (Å²) in [5.74, 6) is 0. The minimum atomic E-state index is 0.363. The van der Waals surface area contributed by atoms with Crippen LogP contribution in [0.25, 0.3) is 10.8 Å². The van der Waals surface area contributed by atoms with Crippen molar-refractivity contribution in [2.75, 3.05) is 0 Å². The van der Waals surface area contributed by atoms with E-state index in [-0.39, 0.29) is 0 Å². The van der Waals surface area contributed by atoms with Crippen LogP contribution in [0.15, 0.2) is 24.3 Å². The number of halogens is 3. The first-order valence-corrected chi connectivity index (χ1v) is 4.78. The molecule has 0 aromatic heterocycles. The van der Waals surface area contributed by atoms with Crippen molar-refractivity contribution in [3.63, 3.8) is 0 Å². The summed E-state index contributed by atoms with van der Waals surface area (Å²) in [7, 11) is 0. The topological polar surface area (TPSA) is 0 Å². The van der Waals surface area contributed by atoms with E-state index in [1.165, 1.54) is 0 Å². The molecule has 65 valence electrons. The number of benzene rings is 2. The molecule has 0 nitrogen and oxygen atoms in total. The van der Waals surface area contributed by atoms with Crippen molar-refractivity contribution in [2.45, 2.75) is 0 Å². The molecule has 0 saturated carbocycles. The molecule has 0 aliphatic rings. The van der Waals surface area contributed by atoms with E-state index in [0.717, 1.165) is 10.8 Å². The zero-order chi connectivity index (χ0) is 9.42. The van der Waals surface area contributed by atoms with Gasteiger partial charge in [0.1, 0.15) is 0 Å². The Bertz CT molecular complexity index is 463. The molecular formula is C10H4Cl3. The van der Waals surface area contributed by atoms with Gasteiger partial charge in [-0.1, -0.05) is 59.1 Å². The molecule has 0 fully saturated rings. The molecule has 1 radical (unpaired) electrons. The number of fused-ring (bicyclic) bond motifs is 1. The third-order valence-electron chi connectivity index (χ3n) is 1.79. The molecule has 2 aromatic rings. The zero-order valence-electron chi connectivity index (χ0n) is 6.44. The van der Waals surface area contributed by atoms with Crippen LogP contribution in [0.5, 0.6) is 0 Å². The average Bonchev–Trinajstić information content (AvgIpc) is 2.15. The van der Waals surface area contributed by atoms with Gasteiger partial charge in [0.25, 0.3) is 0 Å². The van der Waals surface area contributed by atoms with Crippen molar-refractivity contribution in [3.8, 4) is 0 Å². The predicted molar refractivity (Wildman–Crippen MR) is 57.8 cm³/mol. The maximum atomic E-state index is 5.99. The minimum absolute atomic E-state index is 0.363. The number of hydrogen-bond acceptors (Lipinski definition) is 0. The van der Waals surface area contributed by atoms with E-state index < -0.39 is 0 Å². The van der Waals surface area contributed by atoms with Crippen molar-refractivity contribution >= 4 is 45.6 Å². The van der Waals surface area contributed by atoms with Gasteiger partial charge in [-0.25, -0.2) is 0 Å². The first-order chi connectivity index (χ1) is 6.20. The zero-order valence-corrected chi connectivity index (χ0v) is 8.71. The van der Waals surface area contributed by atoms with E-state index in [4.69, 9.17) is 34.8 Å². The normalized spacial score (nSPS) is 10.7. The largest absolute Gasteiger partial charge is 0.0820 e. The highest BCUT2D eigenvalue weighted by Crippen LogP contribution is 2.35. The van der Waals surface area contributed by atoms with Gasteiger partial charge < -0.3 is 0 Å². The molecule has 0 unspecified atom stereocenters. The van der Waals surface area contributed by atoms with E-state index in [2.05, 4.69) is 6.07 Å². The lowest BCUT2D eigenvalue weighted by Gasteiger charge is -2.03. The van der Waals surface area contributed by atoms with Gasteiger partial charge in [0.2, 0.25) is 0 Å². The molecule has 0 amide bonds. The fourth-order valence-corrected chi connectivity index (χ4v) is 1.82. The molecule has 0 aliphatic heterocycles. The van der Waals surface area contributed by atoms with Crippen LogP contribution in [0.4, 0.5) is 0 Å². The standard InChI is InChI=1S/C10H4Cl3/c11-8-5-6-3-1-2-4-7(6)9(12)10(8)13/h1-4H. The average molecular weight is 231 g/mol. The highest BCUT2D eigenvalue weighted by molar-refractivity contribution is 6.50. The van der Waals surface area contributed by atoms with Gasteiger partial charge >= 0.3 is 0 Å². The highest BCUT2D eigenvalue weighted by Gasteiger charge is 2.07. The molecule has 0 spiro atoms. The van der Waals surface area contributed by atoms with Gasteiger partial charge in [-0.3, -0.25) is 0 Å². The molecule has 2 aromatic carbocycles. The summed E-state index contributed by atoms with van der Waals surface area (Å²) in [6.45, 7) is 0. The third-order valence-corrected chi connectivity index (χ3v) is 3.04. The molecule has 0 heterocycles. The molecule has 2 rings (SSSR count). The molecule has 0 N–H and O–H groups in total. The Balaban J connectivity index is 2.94. The quantitative estimate of drug-likeness (QED) is 0.580. The molecule has 0 bridgehead atoms. The second-order valence-corrected chi connectivity index (χ2v) is 3.75. The van der Waals surface area contributed by atoms with Gasteiger partial charge in [0.05, 0.1) is 15.1 Å². The van der Waals surface area contributed by atoms with Crippen molar-refractivity contribution < 1.29 is 0 Å². The van der Waals surface area contributed by atoms with Crippen molar-refractivity contribution in [3.05, 3.63) is 45.4 Å². The number of hydrogen-bond donors (Lipinski definition) is 0. The Labute approximate surface area is 91.0 Å². The molecule has 0 aliphatic carbocycles. The highest BCUT2D eigenvalue weighted by atomic mass is 35.5. The van der Waals surface area contributed by atoms with Gasteiger partial charge in [0, 0.05) is 11.5 Å². The molecule has 3 heteroatoms. The Morgan fingerprint density at radius 3 is 2.38 bits per heavy atom. The predicted octanol–water partition coefficient (Wildman–Crippen LogP) is 4.60. The van der Waals surface area contributed by atoms with Gasteiger partial charge in [0.15, 0.2) is 0 Å². The first-order valence-electron chi connectivity index (χ1n) is 3.64. The maximum absolute atomic E-state index is 5.99. The van der Waals surface area contributed by atoms with E-state index in [1.807, 2.05) is 24.3 Å². The second-order valence-electron chi connectivity index (χ2n) is 2.61. The van der Waals surface area contributed by atoms with Crippen LogP contribution < -0.4 is 0 Å². The fraction of sp³-hybridized carbons (Fsp3) is 0. The van der Waals surface area contributed by atoms with E-state index in [9.17, 15) is 0 Å². The summed E-state index contributed by atoms with van der Waals surface area (Å²) in [6, 6.07) is 10.5. The number of rotatable bonds is 0. The van der Waals surface area contributed by atoms with Crippen LogP contribution in [0.1, 0.15) is 0 Å². The lowest BCUT2D eigenvalue weighted by molar-refractivity contribution is 1.73. The molecule has 13 heavy (non-hydrogen) atoms. The van der Waals surface area contributed by atoms with Crippen molar-refractivity contribution in [2.24, 2.45) is 0 Å². The summed E-state index contributed by atoms with van der Waals surface area (Å²) >= 11 is 17.7. The fourth-order valence-electron chi connectivity index (χ4n) is 1.17. The molecular weight excluding hydrogens is 226 g/mol. The summed E-state index contributed by atoms with van der Waals surface area (Å²) in [6.07, 6.45) is 0. The SMILES string of the molecule is Clc1[c]c2ccccc2c(Cl)c1Cl. The van der Waals surface area contributed by atoms with E-state index in [1.54, 1.807) is 0 Å². The summed E-state index contributed by atoms with van der Waals surface area (Å²) in [5, 5.41) is 2.97. The van der Waals surface area contributed by atoms with Gasteiger partial charge in [-0.05, 0) is 5.39 Å². The lowest BCUT2D eigenvalue weighted by Crippen LogP contribution is -1.77. The Hall–Kier alpha value is -0.430. The van der Waals surface area contributed by atoms with Crippen LogP contribution in [-0.2, 0) is 0 Å². The molecule has 0 saturated heterocycles. The van der Waals surface area contributed by atoms with Crippen LogP contribution >= 0.6 is 34.8 Å². The summed E-state index contributed by atoms with van der Waals surface area (Å²) in [5.41, 5.74) is 0. The second kappa shape index (κ2) is 3.38. The minimum Gasteiger partial charge on any atom is -0.0820 e. The first kappa shape index (κ1) is 9.14. The molecule has 0 atom stereocenters. The Morgan fingerprint density at radius 1 is 0.923 bits per heavy atom. The van der Waals surface area contributed by atoms with Crippen LogP contribution in [0.3, 0.4) is 0 Å².